The highest BCUT2D eigenvalue weighted by atomic mass is 19.1. The van der Waals surface area contributed by atoms with Crippen molar-refractivity contribution in [2.45, 2.75) is 45.6 Å². The Morgan fingerprint density at radius 1 is 1.22 bits per heavy atom. The molecule has 0 atom stereocenters. The zero-order chi connectivity index (χ0) is 13.8. The van der Waals surface area contributed by atoms with Gasteiger partial charge in [-0.25, -0.2) is 8.78 Å². The van der Waals surface area contributed by atoms with E-state index in [1.807, 2.05) is 0 Å². The zero-order valence-corrected chi connectivity index (χ0v) is 10.9. The number of carbonyl (C=O) groups is 1. The standard InChI is InChI=1S/C14H18F2O2/c1-14(2,3)18-13(17)9-4-6-10-11(15)7-5-8-12(10)16/h5,7-8H,4,6,9H2,1-3H3. The SMILES string of the molecule is CC(C)(C)OC(=O)CCCc1c(F)cccc1F. The lowest BCUT2D eigenvalue weighted by molar-refractivity contribution is -0.154. The fraction of sp³-hybridized carbons (Fsp3) is 0.500. The van der Waals surface area contributed by atoms with E-state index in [1.54, 1.807) is 20.8 Å². The highest BCUT2D eigenvalue weighted by Gasteiger charge is 2.16. The highest BCUT2D eigenvalue weighted by molar-refractivity contribution is 5.69. The molecule has 0 unspecified atom stereocenters. The molecule has 1 aromatic rings. The number of ether oxygens (including phenoxy) is 1. The van der Waals surface area contributed by atoms with Crippen molar-refractivity contribution in [3.8, 4) is 0 Å². The molecular formula is C14H18F2O2. The fourth-order valence-electron chi connectivity index (χ4n) is 1.57. The molecule has 0 saturated heterocycles. The van der Waals surface area contributed by atoms with E-state index in [9.17, 15) is 13.6 Å². The molecule has 2 nitrogen and oxygen atoms in total. The summed E-state index contributed by atoms with van der Waals surface area (Å²) in [5.74, 6) is -1.49. The molecule has 0 fully saturated rings. The summed E-state index contributed by atoms with van der Waals surface area (Å²) in [6.07, 6.45) is 0.718. The van der Waals surface area contributed by atoms with Crippen LogP contribution in [0.5, 0.6) is 0 Å². The maximum atomic E-state index is 13.3. The monoisotopic (exact) mass is 256 g/mol. The molecule has 1 rings (SSSR count). The van der Waals surface area contributed by atoms with Crippen LogP contribution in [0.4, 0.5) is 8.78 Å². The van der Waals surface area contributed by atoms with Crippen molar-refractivity contribution < 1.29 is 18.3 Å². The van der Waals surface area contributed by atoms with Gasteiger partial charge in [-0.05, 0) is 45.7 Å². The summed E-state index contributed by atoms with van der Waals surface area (Å²) in [5, 5.41) is 0. The summed E-state index contributed by atoms with van der Waals surface area (Å²) in [4.78, 5) is 11.4. The van der Waals surface area contributed by atoms with E-state index < -0.39 is 17.2 Å². The molecule has 1 aromatic carbocycles. The molecule has 100 valence electrons. The largest absolute Gasteiger partial charge is 0.460 e. The van der Waals surface area contributed by atoms with Gasteiger partial charge in [0.2, 0.25) is 0 Å². The van der Waals surface area contributed by atoms with Crippen LogP contribution in [0, 0.1) is 11.6 Å². The third-order valence-corrected chi connectivity index (χ3v) is 2.29. The first kappa shape index (κ1) is 14.6. The molecule has 0 aromatic heterocycles. The molecular weight excluding hydrogens is 238 g/mol. The van der Waals surface area contributed by atoms with Gasteiger partial charge in [0.1, 0.15) is 17.2 Å². The summed E-state index contributed by atoms with van der Waals surface area (Å²) >= 11 is 0. The Morgan fingerprint density at radius 2 is 1.78 bits per heavy atom. The average Bonchev–Trinajstić information content (AvgIpc) is 2.19. The fourth-order valence-corrected chi connectivity index (χ4v) is 1.57. The third-order valence-electron chi connectivity index (χ3n) is 2.29. The van der Waals surface area contributed by atoms with E-state index in [-0.39, 0.29) is 24.4 Å². The Balaban J connectivity index is 2.45. The number of hydrogen-bond acceptors (Lipinski definition) is 2. The van der Waals surface area contributed by atoms with Gasteiger partial charge < -0.3 is 4.74 Å². The van der Waals surface area contributed by atoms with Crippen molar-refractivity contribution in [2.24, 2.45) is 0 Å². The van der Waals surface area contributed by atoms with Crippen LogP contribution < -0.4 is 0 Å². The lowest BCUT2D eigenvalue weighted by Crippen LogP contribution is -2.23. The maximum Gasteiger partial charge on any atom is 0.306 e. The minimum absolute atomic E-state index is 0.0288. The minimum Gasteiger partial charge on any atom is -0.460 e. The van der Waals surface area contributed by atoms with E-state index in [1.165, 1.54) is 18.2 Å². The van der Waals surface area contributed by atoms with E-state index in [0.717, 1.165) is 0 Å². The molecule has 0 bridgehead atoms. The van der Waals surface area contributed by atoms with Gasteiger partial charge in [-0.3, -0.25) is 4.79 Å². The summed E-state index contributed by atoms with van der Waals surface area (Å²) in [6.45, 7) is 5.34. The second kappa shape index (κ2) is 5.94. The molecule has 0 radical (unpaired) electrons. The van der Waals surface area contributed by atoms with Crippen molar-refractivity contribution in [3.63, 3.8) is 0 Å². The van der Waals surface area contributed by atoms with Crippen LogP contribution in [0.1, 0.15) is 39.2 Å². The molecule has 0 amide bonds. The average molecular weight is 256 g/mol. The Morgan fingerprint density at radius 3 is 2.28 bits per heavy atom. The van der Waals surface area contributed by atoms with Crippen LogP contribution in [-0.2, 0) is 16.0 Å². The first-order valence-corrected chi connectivity index (χ1v) is 5.94. The molecule has 0 aliphatic heterocycles. The molecule has 0 heterocycles. The number of rotatable bonds is 4. The van der Waals surface area contributed by atoms with E-state index >= 15 is 0 Å². The van der Waals surface area contributed by atoms with Gasteiger partial charge in [0.05, 0.1) is 0 Å². The van der Waals surface area contributed by atoms with E-state index in [4.69, 9.17) is 4.74 Å². The maximum absolute atomic E-state index is 13.3. The van der Waals surface area contributed by atoms with Crippen LogP contribution in [0.3, 0.4) is 0 Å². The molecule has 0 aliphatic carbocycles. The van der Waals surface area contributed by atoms with Crippen molar-refractivity contribution in [3.05, 3.63) is 35.4 Å². The van der Waals surface area contributed by atoms with Crippen LogP contribution in [0.15, 0.2) is 18.2 Å². The molecule has 0 N–H and O–H groups in total. The predicted molar refractivity (Wildman–Crippen MR) is 65.1 cm³/mol. The lowest BCUT2D eigenvalue weighted by atomic mass is 10.1. The van der Waals surface area contributed by atoms with Crippen molar-refractivity contribution in [1.29, 1.82) is 0 Å². The topological polar surface area (TPSA) is 26.3 Å². The number of carbonyl (C=O) groups excluding carboxylic acids is 1. The van der Waals surface area contributed by atoms with Crippen molar-refractivity contribution in [2.75, 3.05) is 0 Å². The second-order valence-corrected chi connectivity index (χ2v) is 5.14. The van der Waals surface area contributed by atoms with Crippen LogP contribution in [-0.4, -0.2) is 11.6 Å². The predicted octanol–water partition coefficient (Wildman–Crippen LogP) is 3.63. The Bertz CT molecular complexity index is 402. The van der Waals surface area contributed by atoms with Gasteiger partial charge >= 0.3 is 5.97 Å². The van der Waals surface area contributed by atoms with Crippen molar-refractivity contribution >= 4 is 5.97 Å². The second-order valence-electron chi connectivity index (χ2n) is 5.14. The van der Waals surface area contributed by atoms with Crippen molar-refractivity contribution in [1.82, 2.24) is 0 Å². The molecule has 18 heavy (non-hydrogen) atoms. The van der Waals surface area contributed by atoms with E-state index in [0.29, 0.717) is 6.42 Å². The van der Waals surface area contributed by atoms with Gasteiger partial charge in [0.15, 0.2) is 0 Å². The number of hydrogen-bond donors (Lipinski definition) is 0. The van der Waals surface area contributed by atoms with Crippen LogP contribution >= 0.6 is 0 Å². The molecule has 0 saturated carbocycles. The molecule has 4 heteroatoms. The van der Waals surface area contributed by atoms with Gasteiger partial charge in [-0.15, -0.1) is 0 Å². The quantitative estimate of drug-likeness (QED) is 0.769. The zero-order valence-electron chi connectivity index (χ0n) is 10.9. The van der Waals surface area contributed by atoms with Crippen LogP contribution in [0.2, 0.25) is 0 Å². The molecule has 0 aliphatic rings. The lowest BCUT2D eigenvalue weighted by Gasteiger charge is -2.19. The Kier molecular flexibility index (Phi) is 4.82. The first-order chi connectivity index (χ1) is 8.29. The number of esters is 1. The minimum atomic E-state index is -0.570. The van der Waals surface area contributed by atoms with Gasteiger partial charge in [0.25, 0.3) is 0 Å². The first-order valence-electron chi connectivity index (χ1n) is 5.94. The highest BCUT2D eigenvalue weighted by Crippen LogP contribution is 2.16. The van der Waals surface area contributed by atoms with E-state index in [2.05, 4.69) is 0 Å². The third kappa shape index (κ3) is 4.82. The van der Waals surface area contributed by atoms with Gasteiger partial charge in [-0.1, -0.05) is 6.07 Å². The summed E-state index contributed by atoms with van der Waals surface area (Å²) in [5.41, 5.74) is -0.499. The van der Waals surface area contributed by atoms with Crippen LogP contribution in [0.25, 0.3) is 0 Å². The summed E-state index contributed by atoms with van der Waals surface area (Å²) < 4.78 is 31.7. The summed E-state index contributed by atoms with van der Waals surface area (Å²) in [6, 6.07) is 3.75. The normalized spacial score (nSPS) is 11.4. The number of benzene rings is 1. The Labute approximate surface area is 106 Å². The Hall–Kier alpha value is -1.45. The van der Waals surface area contributed by atoms with Gasteiger partial charge in [-0.2, -0.15) is 0 Å². The summed E-state index contributed by atoms with van der Waals surface area (Å²) in [7, 11) is 0. The number of halogens is 2. The van der Waals surface area contributed by atoms with Gasteiger partial charge in [0, 0.05) is 12.0 Å². The molecule has 0 spiro atoms. The smallest absolute Gasteiger partial charge is 0.306 e.